The summed E-state index contributed by atoms with van der Waals surface area (Å²) in [6.07, 6.45) is 0. The van der Waals surface area contributed by atoms with Crippen molar-refractivity contribution in [2.75, 3.05) is 4.90 Å². The molecule has 2 nitrogen and oxygen atoms in total. The fraction of sp³-hybridized carbons (Fsp3) is 0.0526. The first kappa shape index (κ1) is 34.8. The summed E-state index contributed by atoms with van der Waals surface area (Å²) in [5.41, 5.74) is 19.5. The van der Waals surface area contributed by atoms with Crippen LogP contribution in [-0.2, 0) is 5.41 Å². The molecule has 2 heteroatoms. The Balaban J connectivity index is 1.14. The predicted octanol–water partition coefficient (Wildman–Crippen LogP) is 16.0. The number of benzene rings is 9. The second-order valence-corrected chi connectivity index (χ2v) is 16.1. The molecule has 9 aromatic carbocycles. The van der Waals surface area contributed by atoms with E-state index >= 15 is 0 Å². The third-order valence-corrected chi connectivity index (χ3v) is 12.3. The maximum absolute atomic E-state index is 6.83. The van der Waals surface area contributed by atoms with Crippen LogP contribution in [0.2, 0.25) is 0 Å². The summed E-state index contributed by atoms with van der Waals surface area (Å²) in [5, 5.41) is 2.17. The fourth-order valence-electron chi connectivity index (χ4n) is 9.36. The number of furan rings is 1. The molecule has 0 spiro atoms. The van der Waals surface area contributed by atoms with Crippen molar-refractivity contribution in [3.8, 4) is 55.6 Å². The van der Waals surface area contributed by atoms with Crippen molar-refractivity contribution in [3.63, 3.8) is 0 Å². The zero-order valence-electron chi connectivity index (χ0n) is 33.1. The number of rotatable bonds is 7. The van der Waals surface area contributed by atoms with Gasteiger partial charge in [0.1, 0.15) is 11.2 Å². The standard InChI is InChI=1S/C57H41NO/c1-57(2)50-25-12-9-23-47(50)49-37-43(32-34-51(49)57)45-22-10-13-26-52(45)58(44-21-15-20-42(36-44)40-30-28-39(29-31-40)38-16-5-3-6-17-38)53-35-33-46(41-18-7-4-8-19-41)56-55(53)48-24-11-14-27-54(48)59-56/h3-37H,1-2H3. The minimum Gasteiger partial charge on any atom is -0.455 e. The molecule has 59 heavy (non-hydrogen) atoms. The van der Waals surface area contributed by atoms with Gasteiger partial charge in [-0.1, -0.05) is 184 Å². The lowest BCUT2D eigenvalue weighted by Crippen LogP contribution is -2.14. The third kappa shape index (κ3) is 5.79. The lowest BCUT2D eigenvalue weighted by atomic mass is 9.82. The summed E-state index contributed by atoms with van der Waals surface area (Å²) in [6, 6.07) is 76.8. The Kier molecular flexibility index (Phi) is 8.20. The third-order valence-electron chi connectivity index (χ3n) is 12.3. The van der Waals surface area contributed by atoms with Gasteiger partial charge in [-0.3, -0.25) is 0 Å². The number of hydrogen-bond donors (Lipinski definition) is 0. The van der Waals surface area contributed by atoms with E-state index in [1.807, 2.05) is 0 Å². The van der Waals surface area contributed by atoms with E-state index in [0.29, 0.717) is 0 Å². The molecule has 0 saturated carbocycles. The highest BCUT2D eigenvalue weighted by Crippen LogP contribution is 2.52. The number of anilines is 3. The normalized spacial score (nSPS) is 12.7. The van der Waals surface area contributed by atoms with Crippen LogP contribution in [0.4, 0.5) is 17.1 Å². The second kappa shape index (κ2) is 13.9. The first-order valence-corrected chi connectivity index (χ1v) is 20.4. The van der Waals surface area contributed by atoms with Gasteiger partial charge in [0.15, 0.2) is 0 Å². The van der Waals surface area contributed by atoms with Gasteiger partial charge in [-0.15, -0.1) is 0 Å². The molecule has 1 aliphatic rings. The molecule has 0 amide bonds. The Morgan fingerprint density at radius 1 is 0.373 bits per heavy atom. The first-order chi connectivity index (χ1) is 29.0. The van der Waals surface area contributed by atoms with Crippen molar-refractivity contribution in [1.82, 2.24) is 0 Å². The number of hydrogen-bond acceptors (Lipinski definition) is 2. The molecule has 280 valence electrons. The van der Waals surface area contributed by atoms with Crippen molar-refractivity contribution in [2.24, 2.45) is 0 Å². The van der Waals surface area contributed by atoms with E-state index in [1.165, 1.54) is 38.9 Å². The number of nitrogens with zero attached hydrogens (tertiary/aromatic N) is 1. The minimum atomic E-state index is -0.0653. The second-order valence-electron chi connectivity index (χ2n) is 16.1. The lowest BCUT2D eigenvalue weighted by molar-refractivity contribution is 0.660. The molecule has 0 unspecified atom stereocenters. The molecule has 0 aliphatic heterocycles. The molecule has 1 aromatic heterocycles. The Morgan fingerprint density at radius 2 is 0.966 bits per heavy atom. The monoisotopic (exact) mass is 755 g/mol. The van der Waals surface area contributed by atoms with Crippen LogP contribution in [0.1, 0.15) is 25.0 Å². The molecule has 1 aliphatic carbocycles. The smallest absolute Gasteiger partial charge is 0.145 e. The van der Waals surface area contributed by atoms with Crippen LogP contribution in [0.5, 0.6) is 0 Å². The van der Waals surface area contributed by atoms with Crippen molar-refractivity contribution in [1.29, 1.82) is 0 Å². The topological polar surface area (TPSA) is 16.4 Å². The molecule has 10 aromatic rings. The summed E-state index contributed by atoms with van der Waals surface area (Å²) in [4.78, 5) is 2.45. The highest BCUT2D eigenvalue weighted by molar-refractivity contribution is 6.17. The van der Waals surface area contributed by atoms with Crippen LogP contribution in [0.25, 0.3) is 77.6 Å². The van der Waals surface area contributed by atoms with Gasteiger partial charge in [-0.05, 0) is 98.1 Å². The van der Waals surface area contributed by atoms with Crippen molar-refractivity contribution >= 4 is 39.0 Å². The molecule has 0 bridgehead atoms. The van der Waals surface area contributed by atoms with Gasteiger partial charge in [0.2, 0.25) is 0 Å². The van der Waals surface area contributed by atoms with Crippen molar-refractivity contribution in [2.45, 2.75) is 19.3 Å². The molecular formula is C57H41NO. The van der Waals surface area contributed by atoms with Gasteiger partial charge in [0.05, 0.1) is 16.8 Å². The maximum atomic E-state index is 6.83. The summed E-state index contributed by atoms with van der Waals surface area (Å²) >= 11 is 0. The average Bonchev–Trinajstić information content (AvgIpc) is 3.80. The Morgan fingerprint density at radius 3 is 1.76 bits per heavy atom. The molecule has 0 radical (unpaired) electrons. The van der Waals surface area contributed by atoms with Gasteiger partial charge < -0.3 is 9.32 Å². The summed E-state index contributed by atoms with van der Waals surface area (Å²) < 4.78 is 6.83. The summed E-state index contributed by atoms with van der Waals surface area (Å²) in [5.74, 6) is 0. The van der Waals surface area contributed by atoms with Crippen LogP contribution in [0.15, 0.2) is 217 Å². The molecule has 1 heterocycles. The Bertz CT molecular complexity index is 3170. The first-order valence-electron chi connectivity index (χ1n) is 20.4. The van der Waals surface area contributed by atoms with Crippen LogP contribution in [-0.4, -0.2) is 0 Å². The van der Waals surface area contributed by atoms with E-state index in [0.717, 1.165) is 66.8 Å². The largest absolute Gasteiger partial charge is 0.455 e. The molecule has 0 atom stereocenters. The van der Waals surface area contributed by atoms with Crippen molar-refractivity contribution in [3.05, 3.63) is 223 Å². The summed E-state index contributed by atoms with van der Waals surface area (Å²) in [7, 11) is 0. The zero-order chi connectivity index (χ0) is 39.5. The van der Waals surface area contributed by atoms with Crippen molar-refractivity contribution < 1.29 is 4.42 Å². The quantitative estimate of drug-likeness (QED) is 0.161. The average molecular weight is 756 g/mol. The highest BCUT2D eigenvalue weighted by Gasteiger charge is 2.35. The van der Waals surface area contributed by atoms with E-state index in [9.17, 15) is 0 Å². The highest BCUT2D eigenvalue weighted by atomic mass is 16.3. The fourth-order valence-corrected chi connectivity index (χ4v) is 9.36. The van der Waals surface area contributed by atoms with Crippen LogP contribution in [0, 0.1) is 0 Å². The minimum absolute atomic E-state index is 0.0653. The number of fused-ring (bicyclic) bond motifs is 6. The van der Waals surface area contributed by atoms with E-state index in [4.69, 9.17) is 4.42 Å². The van der Waals surface area contributed by atoms with Crippen LogP contribution in [0.3, 0.4) is 0 Å². The van der Waals surface area contributed by atoms with Crippen LogP contribution < -0.4 is 4.90 Å². The molecular weight excluding hydrogens is 715 g/mol. The zero-order valence-corrected chi connectivity index (χ0v) is 33.1. The molecule has 0 saturated heterocycles. The molecule has 0 fully saturated rings. The SMILES string of the molecule is CC1(C)c2ccccc2-c2cc(-c3ccccc3N(c3cccc(-c4ccc(-c5ccccc5)cc4)c3)c3ccc(-c4ccccc4)c4oc5ccccc5c34)ccc21. The summed E-state index contributed by atoms with van der Waals surface area (Å²) in [6.45, 7) is 4.68. The van der Waals surface area contributed by atoms with E-state index in [2.05, 4.69) is 231 Å². The van der Waals surface area contributed by atoms with E-state index in [1.54, 1.807) is 0 Å². The molecule has 11 rings (SSSR count). The van der Waals surface area contributed by atoms with Gasteiger partial charge >= 0.3 is 0 Å². The van der Waals surface area contributed by atoms with E-state index < -0.39 is 0 Å². The predicted molar refractivity (Wildman–Crippen MR) is 248 cm³/mol. The Labute approximate surface area is 345 Å². The van der Waals surface area contributed by atoms with Gasteiger partial charge in [-0.25, -0.2) is 0 Å². The maximum Gasteiger partial charge on any atom is 0.145 e. The van der Waals surface area contributed by atoms with Crippen LogP contribution >= 0.6 is 0 Å². The number of para-hydroxylation sites is 2. The lowest BCUT2D eigenvalue weighted by Gasteiger charge is -2.29. The van der Waals surface area contributed by atoms with Gasteiger partial charge in [-0.2, -0.15) is 0 Å². The Hall–Kier alpha value is -7.42. The van der Waals surface area contributed by atoms with E-state index in [-0.39, 0.29) is 5.41 Å². The molecule has 0 N–H and O–H groups in total. The van der Waals surface area contributed by atoms with Gasteiger partial charge in [0.25, 0.3) is 0 Å². The van der Waals surface area contributed by atoms with Gasteiger partial charge in [0, 0.05) is 27.6 Å².